The Kier molecular flexibility index (Phi) is 8.09. The third kappa shape index (κ3) is 6.32. The summed E-state index contributed by atoms with van der Waals surface area (Å²) in [5, 5.41) is 16.7. The van der Waals surface area contributed by atoms with Crippen LogP contribution in [0.1, 0.15) is 11.4 Å². The van der Waals surface area contributed by atoms with Gasteiger partial charge in [0.05, 0.1) is 17.8 Å². The minimum Gasteiger partial charge on any atom is -0.497 e. The highest BCUT2D eigenvalue weighted by Crippen LogP contribution is 2.21. The maximum atomic E-state index is 12.5. The van der Waals surface area contributed by atoms with Crippen molar-refractivity contribution < 1.29 is 17.9 Å². The minimum atomic E-state index is -3.69. The number of nitrogens with one attached hydrogen (secondary N) is 2. The molecule has 36 heavy (non-hydrogen) atoms. The van der Waals surface area contributed by atoms with Gasteiger partial charge in [0.1, 0.15) is 10.8 Å². The number of carbonyl (C=O) groups excluding carboxylic acids is 1. The third-order valence-electron chi connectivity index (χ3n) is 5.12. The summed E-state index contributed by atoms with van der Waals surface area (Å²) in [7, 11) is -2.18. The van der Waals surface area contributed by atoms with Crippen molar-refractivity contribution in [2.45, 2.75) is 23.3 Å². The molecule has 0 aliphatic carbocycles. The molecule has 0 spiro atoms. The largest absolute Gasteiger partial charge is 0.497 e. The second-order valence-corrected chi connectivity index (χ2v) is 10.9. The predicted octanol–water partition coefficient (Wildman–Crippen LogP) is 3.35. The fourth-order valence-electron chi connectivity index (χ4n) is 3.19. The van der Waals surface area contributed by atoms with E-state index in [2.05, 4.69) is 25.3 Å². The lowest BCUT2D eigenvalue weighted by Gasteiger charge is -2.08. The molecule has 188 valence electrons. The van der Waals surface area contributed by atoms with E-state index in [1.54, 1.807) is 40.9 Å². The van der Waals surface area contributed by atoms with Crippen molar-refractivity contribution in [1.82, 2.24) is 24.5 Å². The second-order valence-electron chi connectivity index (χ2n) is 7.68. The zero-order valence-electron chi connectivity index (χ0n) is 19.4. The number of amides is 1. The predicted molar refractivity (Wildman–Crippen MR) is 138 cm³/mol. The van der Waals surface area contributed by atoms with Crippen LogP contribution in [0.5, 0.6) is 5.75 Å². The Bertz CT molecular complexity index is 1490. The number of hydrogen-bond acceptors (Lipinski definition) is 8. The summed E-state index contributed by atoms with van der Waals surface area (Å²) >= 11 is 7.37. The topological polar surface area (TPSA) is 128 Å². The van der Waals surface area contributed by atoms with Gasteiger partial charge in [-0.25, -0.2) is 13.1 Å². The average Bonchev–Trinajstić information content (AvgIpc) is 3.27. The first-order valence-electron chi connectivity index (χ1n) is 10.8. The van der Waals surface area contributed by atoms with Gasteiger partial charge in [-0.1, -0.05) is 29.4 Å². The number of aryl methyl sites for hydroxylation is 1. The number of carbonyl (C=O) groups is 1. The van der Waals surface area contributed by atoms with E-state index in [9.17, 15) is 13.2 Å². The summed E-state index contributed by atoms with van der Waals surface area (Å²) in [5.41, 5.74) is 2.07. The molecule has 4 aromatic rings. The van der Waals surface area contributed by atoms with Gasteiger partial charge in [-0.3, -0.25) is 4.79 Å². The molecule has 0 radical (unpaired) electrons. The highest BCUT2D eigenvalue weighted by Gasteiger charge is 2.15. The first kappa shape index (κ1) is 25.9. The number of halogens is 1. The van der Waals surface area contributed by atoms with Gasteiger partial charge >= 0.3 is 0 Å². The smallest absolute Gasteiger partial charge is 0.240 e. The van der Waals surface area contributed by atoms with Crippen molar-refractivity contribution in [1.29, 1.82) is 0 Å². The van der Waals surface area contributed by atoms with Gasteiger partial charge in [0.2, 0.25) is 15.9 Å². The standard InChI is InChI=1S/C23H23ClN6O4S2/c1-15-3-4-16(13-19(15)24)26-22(31)14-35-23-10-9-20-27-28-21(30(20)29-23)11-12-25-36(32,33)18-7-5-17(34-2)6-8-18/h3-10,13,25H,11-12,14H2,1-2H3,(H,26,31). The number of hydrogen-bond donors (Lipinski definition) is 2. The Labute approximate surface area is 217 Å². The molecule has 1 amide bonds. The Morgan fingerprint density at radius 2 is 1.89 bits per heavy atom. The lowest BCUT2D eigenvalue weighted by atomic mass is 10.2. The molecule has 2 aromatic carbocycles. The second kappa shape index (κ2) is 11.2. The van der Waals surface area contributed by atoms with Gasteiger partial charge in [0, 0.05) is 23.7 Å². The molecule has 0 fully saturated rings. The molecule has 2 aromatic heterocycles. The number of anilines is 1. The number of nitrogens with zero attached hydrogens (tertiary/aromatic N) is 4. The maximum absolute atomic E-state index is 12.5. The normalized spacial score (nSPS) is 11.5. The van der Waals surface area contributed by atoms with Gasteiger partial charge in [0.25, 0.3) is 0 Å². The van der Waals surface area contributed by atoms with Crippen LogP contribution in [0.2, 0.25) is 5.02 Å². The van der Waals surface area contributed by atoms with Crippen LogP contribution in [0, 0.1) is 6.92 Å². The van der Waals surface area contributed by atoms with Gasteiger partial charge < -0.3 is 10.1 Å². The quantitative estimate of drug-likeness (QED) is 0.290. The summed E-state index contributed by atoms with van der Waals surface area (Å²) in [4.78, 5) is 12.5. The van der Waals surface area contributed by atoms with E-state index >= 15 is 0 Å². The highest BCUT2D eigenvalue weighted by atomic mass is 35.5. The number of sulfonamides is 1. The van der Waals surface area contributed by atoms with Gasteiger partial charge in [-0.05, 0) is 61.0 Å². The summed E-state index contributed by atoms with van der Waals surface area (Å²) in [6, 6.07) is 14.9. The molecule has 0 atom stereocenters. The van der Waals surface area contributed by atoms with E-state index in [0.717, 1.165) is 5.56 Å². The zero-order chi connectivity index (χ0) is 25.7. The van der Waals surface area contributed by atoms with Gasteiger partial charge in [-0.15, -0.1) is 10.2 Å². The Morgan fingerprint density at radius 3 is 2.61 bits per heavy atom. The van der Waals surface area contributed by atoms with Crippen molar-refractivity contribution in [2.75, 3.05) is 24.7 Å². The first-order chi connectivity index (χ1) is 17.2. The molecule has 2 heterocycles. The monoisotopic (exact) mass is 546 g/mol. The number of methoxy groups -OCH3 is 1. The van der Waals surface area contributed by atoms with E-state index in [0.29, 0.717) is 33.0 Å². The molecule has 0 saturated heterocycles. The molecule has 2 N–H and O–H groups in total. The van der Waals surface area contributed by atoms with Crippen molar-refractivity contribution in [3.8, 4) is 5.75 Å². The molecule has 0 bridgehead atoms. The molecule has 0 saturated carbocycles. The van der Waals surface area contributed by atoms with Gasteiger partial charge in [-0.2, -0.15) is 9.61 Å². The van der Waals surface area contributed by atoms with Crippen LogP contribution in [-0.2, 0) is 21.2 Å². The molecule has 4 rings (SSSR count). The number of aromatic nitrogens is 4. The number of fused-ring (bicyclic) bond motifs is 1. The van der Waals surface area contributed by atoms with E-state index in [4.69, 9.17) is 16.3 Å². The van der Waals surface area contributed by atoms with Crippen molar-refractivity contribution >= 4 is 50.6 Å². The van der Waals surface area contributed by atoms with Crippen LogP contribution < -0.4 is 14.8 Å². The SMILES string of the molecule is COc1ccc(S(=O)(=O)NCCc2nnc3ccc(SCC(=O)Nc4ccc(C)c(Cl)c4)nn23)cc1. The summed E-state index contributed by atoms with van der Waals surface area (Å²) in [6.07, 6.45) is 0.270. The van der Waals surface area contributed by atoms with Crippen LogP contribution in [0.15, 0.2) is 64.5 Å². The first-order valence-corrected chi connectivity index (χ1v) is 13.6. The van der Waals surface area contributed by atoms with E-state index in [1.165, 1.54) is 31.0 Å². The van der Waals surface area contributed by atoms with E-state index in [1.807, 2.05) is 13.0 Å². The average molecular weight is 547 g/mol. The summed E-state index contributed by atoms with van der Waals surface area (Å²) in [5.74, 6) is 1.01. The molecular formula is C23H23ClN6O4S2. The van der Waals surface area contributed by atoms with E-state index < -0.39 is 10.0 Å². The Balaban J connectivity index is 1.35. The lowest BCUT2D eigenvalue weighted by molar-refractivity contribution is -0.113. The van der Waals surface area contributed by atoms with Gasteiger partial charge in [0.15, 0.2) is 11.5 Å². The molecular weight excluding hydrogens is 524 g/mol. The number of ether oxygens (including phenoxy) is 1. The Morgan fingerprint density at radius 1 is 1.11 bits per heavy atom. The number of benzene rings is 2. The van der Waals surface area contributed by atoms with Crippen LogP contribution in [-0.4, -0.2) is 53.5 Å². The fourth-order valence-corrected chi connectivity index (χ4v) is 5.06. The van der Waals surface area contributed by atoms with E-state index in [-0.39, 0.29) is 29.5 Å². The molecule has 10 nitrogen and oxygen atoms in total. The molecule has 0 unspecified atom stereocenters. The van der Waals surface area contributed by atoms with Crippen molar-refractivity contribution in [3.05, 3.63) is 71.0 Å². The zero-order valence-corrected chi connectivity index (χ0v) is 21.8. The third-order valence-corrected chi connectivity index (χ3v) is 7.92. The van der Waals surface area contributed by atoms with Crippen LogP contribution >= 0.6 is 23.4 Å². The lowest BCUT2D eigenvalue weighted by Crippen LogP contribution is -2.26. The van der Waals surface area contributed by atoms with Crippen LogP contribution in [0.3, 0.4) is 0 Å². The van der Waals surface area contributed by atoms with Crippen LogP contribution in [0.4, 0.5) is 5.69 Å². The van der Waals surface area contributed by atoms with Crippen molar-refractivity contribution in [2.24, 2.45) is 0 Å². The molecule has 0 aliphatic rings. The summed E-state index contributed by atoms with van der Waals surface area (Å²) in [6.45, 7) is 2.00. The maximum Gasteiger partial charge on any atom is 0.240 e. The van der Waals surface area contributed by atoms with Crippen LogP contribution in [0.25, 0.3) is 5.65 Å². The minimum absolute atomic E-state index is 0.107. The molecule has 0 aliphatic heterocycles. The molecule has 13 heteroatoms. The summed E-state index contributed by atoms with van der Waals surface area (Å²) < 4.78 is 34.2. The van der Waals surface area contributed by atoms with Crippen molar-refractivity contribution in [3.63, 3.8) is 0 Å². The number of rotatable bonds is 10. The highest BCUT2D eigenvalue weighted by molar-refractivity contribution is 7.99. The fraction of sp³-hybridized carbons (Fsp3) is 0.217. The Hall–Kier alpha value is -3.19. The number of thioether (sulfide) groups is 1.